The van der Waals surface area contributed by atoms with E-state index in [-0.39, 0.29) is 35.5 Å². The van der Waals surface area contributed by atoms with Gasteiger partial charge in [-0.3, -0.25) is 4.72 Å². The summed E-state index contributed by atoms with van der Waals surface area (Å²) < 4.78 is 46.2. The van der Waals surface area contributed by atoms with Gasteiger partial charge in [-0.25, -0.2) is 22.7 Å². The molecule has 1 saturated heterocycles. The predicted octanol–water partition coefficient (Wildman–Crippen LogP) is 4.65. The second-order valence-electron chi connectivity index (χ2n) is 9.45. The topological polar surface area (TPSA) is 129 Å². The molecule has 0 spiro atoms. The van der Waals surface area contributed by atoms with Gasteiger partial charge in [0.2, 0.25) is 0 Å². The van der Waals surface area contributed by atoms with Crippen molar-refractivity contribution in [2.24, 2.45) is 0 Å². The number of likely N-dealkylation sites (tertiary alicyclic amines) is 1. The number of nitrogens with zero attached hydrogens (tertiary/aromatic N) is 3. The summed E-state index contributed by atoms with van der Waals surface area (Å²) in [7, 11) is -2.88. The fourth-order valence-electron chi connectivity index (χ4n) is 4.15. The Bertz CT molecular complexity index is 1670. The monoisotopic (exact) mass is 610 g/mol. The zero-order chi connectivity index (χ0) is 29.7. The number of esters is 1. The molecule has 2 heterocycles. The number of hydrogen-bond donors (Lipinski definition) is 1. The molecule has 0 aliphatic carbocycles. The van der Waals surface area contributed by atoms with Gasteiger partial charge in [0, 0.05) is 5.02 Å². The third-order valence-electron chi connectivity index (χ3n) is 6.49. The number of halogens is 1. The van der Waals surface area contributed by atoms with Gasteiger partial charge in [-0.1, -0.05) is 48.0 Å². The minimum atomic E-state index is -4.09. The molecular formula is C29H27ClN4O7S. The Balaban J connectivity index is 1.19. The average molecular weight is 611 g/mol. The third-order valence-corrected chi connectivity index (χ3v) is 8.06. The summed E-state index contributed by atoms with van der Waals surface area (Å²) >= 11 is 5.92. The molecule has 0 saturated carbocycles. The van der Waals surface area contributed by atoms with E-state index in [1.54, 1.807) is 35.2 Å². The number of nitrogens with one attached hydrogen (secondary N) is 1. The SMILES string of the molecule is COC(=O)c1cc(COC2CN(C(=O)OCc3ccccc3)C2)ccc1NS(=O)(=O)c1cnn(-c2ccc(Cl)cc2)c1. The lowest BCUT2D eigenvalue weighted by Gasteiger charge is -2.37. The van der Waals surface area contributed by atoms with Crippen molar-refractivity contribution in [3.05, 3.63) is 107 Å². The molecule has 1 amide bonds. The first-order valence-corrected chi connectivity index (χ1v) is 14.7. The lowest BCUT2D eigenvalue weighted by molar-refractivity contribution is -0.0581. The Morgan fingerprint density at radius 2 is 1.74 bits per heavy atom. The van der Waals surface area contributed by atoms with Gasteiger partial charge in [-0.2, -0.15) is 5.10 Å². The Morgan fingerprint density at radius 3 is 2.45 bits per heavy atom. The van der Waals surface area contributed by atoms with E-state index in [9.17, 15) is 18.0 Å². The van der Waals surface area contributed by atoms with Crippen LogP contribution in [0.3, 0.4) is 0 Å². The van der Waals surface area contributed by atoms with Crippen LogP contribution in [0.15, 0.2) is 90.1 Å². The van der Waals surface area contributed by atoms with E-state index in [4.69, 9.17) is 25.8 Å². The van der Waals surface area contributed by atoms with Crippen LogP contribution in [0.25, 0.3) is 5.69 Å². The highest BCUT2D eigenvalue weighted by Crippen LogP contribution is 2.25. The number of carbonyl (C=O) groups excluding carboxylic acids is 2. The minimum absolute atomic E-state index is 0.0204. The molecule has 11 nitrogen and oxygen atoms in total. The van der Waals surface area contributed by atoms with Gasteiger partial charge in [0.05, 0.1) is 62.2 Å². The van der Waals surface area contributed by atoms with Crippen molar-refractivity contribution < 1.29 is 32.2 Å². The van der Waals surface area contributed by atoms with Crippen molar-refractivity contribution in [2.45, 2.75) is 24.2 Å². The highest BCUT2D eigenvalue weighted by Gasteiger charge is 2.32. The fourth-order valence-corrected chi connectivity index (χ4v) is 5.29. The second kappa shape index (κ2) is 12.6. The normalized spacial score (nSPS) is 13.3. The van der Waals surface area contributed by atoms with Gasteiger partial charge in [0.1, 0.15) is 11.5 Å². The standard InChI is InChI=1S/C29H27ClN4O7S/c1-39-28(35)26-13-21(19-40-24-15-33(16-24)29(36)41-18-20-5-3-2-4-6-20)7-12-27(26)32-42(37,38)25-14-31-34(17-25)23-10-8-22(30)9-11-23/h2-14,17,24,32H,15-16,18-19H2,1H3. The van der Waals surface area contributed by atoms with Crippen LogP contribution in [0.5, 0.6) is 0 Å². The summed E-state index contributed by atoms with van der Waals surface area (Å²) in [5, 5.41) is 4.66. The van der Waals surface area contributed by atoms with Crippen molar-refractivity contribution in [3.8, 4) is 5.69 Å². The van der Waals surface area contributed by atoms with Gasteiger partial charge in [0.15, 0.2) is 0 Å². The average Bonchev–Trinajstić information content (AvgIpc) is 3.48. The number of rotatable bonds is 10. The number of amides is 1. The van der Waals surface area contributed by atoms with Crippen molar-refractivity contribution in [1.29, 1.82) is 0 Å². The molecule has 3 aromatic carbocycles. The van der Waals surface area contributed by atoms with Crippen LogP contribution in [-0.4, -0.2) is 61.5 Å². The molecule has 1 aliphatic rings. The van der Waals surface area contributed by atoms with E-state index >= 15 is 0 Å². The molecule has 1 fully saturated rings. The Labute approximate surface area is 247 Å². The zero-order valence-electron chi connectivity index (χ0n) is 22.5. The number of sulfonamides is 1. The number of anilines is 1. The third kappa shape index (κ3) is 6.90. The molecule has 4 aromatic rings. The summed E-state index contributed by atoms with van der Waals surface area (Å²) in [6, 6.07) is 20.8. The molecule has 218 valence electrons. The van der Waals surface area contributed by atoms with Gasteiger partial charge in [-0.15, -0.1) is 0 Å². The smallest absolute Gasteiger partial charge is 0.410 e. The van der Waals surface area contributed by atoms with Crippen LogP contribution < -0.4 is 4.72 Å². The van der Waals surface area contributed by atoms with Crippen LogP contribution in [0.2, 0.25) is 5.02 Å². The lowest BCUT2D eigenvalue weighted by atomic mass is 10.1. The minimum Gasteiger partial charge on any atom is -0.465 e. The molecule has 0 bridgehead atoms. The number of methoxy groups -OCH3 is 1. The summed E-state index contributed by atoms with van der Waals surface area (Å²) in [5.74, 6) is -0.720. The largest absolute Gasteiger partial charge is 0.465 e. The molecule has 5 rings (SSSR count). The number of carbonyl (C=O) groups is 2. The molecule has 1 aliphatic heterocycles. The van der Waals surface area contributed by atoms with Crippen LogP contribution in [0.4, 0.5) is 10.5 Å². The lowest BCUT2D eigenvalue weighted by Crippen LogP contribution is -2.54. The van der Waals surface area contributed by atoms with E-state index in [0.717, 1.165) is 5.56 Å². The predicted molar refractivity (Wildman–Crippen MR) is 154 cm³/mol. The van der Waals surface area contributed by atoms with Crippen molar-refractivity contribution in [2.75, 3.05) is 24.9 Å². The first-order valence-electron chi connectivity index (χ1n) is 12.8. The van der Waals surface area contributed by atoms with E-state index in [0.29, 0.717) is 29.4 Å². The van der Waals surface area contributed by atoms with Gasteiger partial charge < -0.3 is 19.1 Å². The molecule has 1 aromatic heterocycles. The molecule has 42 heavy (non-hydrogen) atoms. The molecular weight excluding hydrogens is 584 g/mol. The Kier molecular flexibility index (Phi) is 8.76. The van der Waals surface area contributed by atoms with Crippen LogP contribution in [0.1, 0.15) is 21.5 Å². The summed E-state index contributed by atoms with van der Waals surface area (Å²) in [4.78, 5) is 26.2. The highest BCUT2D eigenvalue weighted by molar-refractivity contribution is 7.92. The number of benzene rings is 3. The maximum Gasteiger partial charge on any atom is 0.410 e. The maximum atomic E-state index is 13.1. The van der Waals surface area contributed by atoms with E-state index in [1.807, 2.05) is 30.3 Å². The maximum absolute atomic E-state index is 13.1. The molecule has 1 N–H and O–H groups in total. The van der Waals surface area contributed by atoms with Gasteiger partial charge >= 0.3 is 12.1 Å². The summed E-state index contributed by atoms with van der Waals surface area (Å²) in [6.07, 6.45) is 1.94. The highest BCUT2D eigenvalue weighted by atomic mass is 35.5. The molecule has 0 unspecified atom stereocenters. The zero-order valence-corrected chi connectivity index (χ0v) is 24.0. The van der Waals surface area contributed by atoms with E-state index in [1.165, 1.54) is 36.3 Å². The van der Waals surface area contributed by atoms with Gasteiger partial charge in [-0.05, 0) is 47.5 Å². The van der Waals surface area contributed by atoms with Crippen LogP contribution in [-0.2, 0) is 37.4 Å². The molecule has 13 heteroatoms. The van der Waals surface area contributed by atoms with Crippen molar-refractivity contribution in [1.82, 2.24) is 14.7 Å². The molecule has 0 atom stereocenters. The second-order valence-corrected chi connectivity index (χ2v) is 11.6. The quantitative estimate of drug-likeness (QED) is 0.257. The summed E-state index contributed by atoms with van der Waals surface area (Å²) in [5.41, 5.74) is 2.21. The fraction of sp³-hybridized carbons (Fsp3) is 0.207. The Morgan fingerprint density at radius 1 is 1.00 bits per heavy atom. The Hall–Kier alpha value is -4.39. The number of aromatic nitrogens is 2. The summed E-state index contributed by atoms with van der Waals surface area (Å²) in [6.45, 7) is 1.08. The van der Waals surface area contributed by atoms with E-state index < -0.39 is 22.1 Å². The first kappa shape index (κ1) is 29.1. The van der Waals surface area contributed by atoms with Crippen molar-refractivity contribution >= 4 is 39.4 Å². The molecule has 0 radical (unpaired) electrons. The number of hydrogen-bond acceptors (Lipinski definition) is 8. The van der Waals surface area contributed by atoms with Gasteiger partial charge in [0.25, 0.3) is 10.0 Å². The number of ether oxygens (including phenoxy) is 3. The van der Waals surface area contributed by atoms with Crippen LogP contribution >= 0.6 is 11.6 Å². The van der Waals surface area contributed by atoms with Crippen molar-refractivity contribution in [3.63, 3.8) is 0 Å². The first-order chi connectivity index (χ1) is 20.2. The van der Waals surface area contributed by atoms with Crippen LogP contribution in [0, 0.1) is 0 Å². The van der Waals surface area contributed by atoms with E-state index in [2.05, 4.69) is 9.82 Å².